The van der Waals surface area contributed by atoms with Crippen molar-refractivity contribution in [1.82, 2.24) is 9.97 Å². The summed E-state index contributed by atoms with van der Waals surface area (Å²) in [7, 11) is 0. The van der Waals surface area contributed by atoms with E-state index in [9.17, 15) is 0 Å². The standard InChI is InChI=1S/C16H26N2OS/c1-6-19-16(9-7-15(4,5)8-10-16)14-17-12(3)11(2)13(20)18-14/h6-10H2,1-5H3,(H,17,18,20). The first kappa shape index (κ1) is 15.6. The van der Waals surface area contributed by atoms with Crippen molar-refractivity contribution in [2.75, 3.05) is 6.61 Å². The Hall–Kier alpha value is -0.740. The van der Waals surface area contributed by atoms with Crippen LogP contribution in [-0.4, -0.2) is 16.6 Å². The van der Waals surface area contributed by atoms with E-state index >= 15 is 0 Å². The third-order valence-corrected chi connectivity index (χ3v) is 5.06. The summed E-state index contributed by atoms with van der Waals surface area (Å²) in [5, 5.41) is 0. The van der Waals surface area contributed by atoms with E-state index in [0.717, 1.165) is 42.8 Å². The second kappa shape index (κ2) is 5.57. The van der Waals surface area contributed by atoms with Gasteiger partial charge in [0.05, 0.1) is 0 Å². The molecule has 0 aliphatic heterocycles. The summed E-state index contributed by atoms with van der Waals surface area (Å²) in [5.74, 6) is 0.919. The Morgan fingerprint density at radius 2 is 1.80 bits per heavy atom. The van der Waals surface area contributed by atoms with E-state index in [1.54, 1.807) is 0 Å². The first-order valence-electron chi connectivity index (χ1n) is 7.52. The smallest absolute Gasteiger partial charge is 0.140 e. The lowest BCUT2D eigenvalue weighted by atomic mass is 9.70. The van der Waals surface area contributed by atoms with Gasteiger partial charge in [-0.15, -0.1) is 0 Å². The molecule has 1 heterocycles. The molecule has 3 nitrogen and oxygen atoms in total. The SMILES string of the molecule is CCOC1(c2nc(=S)c(C)c(C)[nH]2)CCC(C)(C)CC1. The van der Waals surface area contributed by atoms with Crippen LogP contribution in [0.2, 0.25) is 0 Å². The molecule has 1 fully saturated rings. The molecule has 1 aliphatic rings. The van der Waals surface area contributed by atoms with Crippen molar-refractivity contribution in [2.24, 2.45) is 5.41 Å². The molecule has 0 spiro atoms. The molecule has 0 bridgehead atoms. The minimum absolute atomic E-state index is 0.281. The number of H-pyrrole nitrogens is 1. The van der Waals surface area contributed by atoms with Gasteiger partial charge in [-0.1, -0.05) is 26.1 Å². The average molecular weight is 294 g/mol. The van der Waals surface area contributed by atoms with Gasteiger partial charge in [0.25, 0.3) is 0 Å². The lowest BCUT2D eigenvalue weighted by molar-refractivity contribution is -0.0949. The molecular weight excluding hydrogens is 268 g/mol. The van der Waals surface area contributed by atoms with Gasteiger partial charge < -0.3 is 9.72 Å². The maximum absolute atomic E-state index is 6.16. The summed E-state index contributed by atoms with van der Waals surface area (Å²) in [6, 6.07) is 0. The van der Waals surface area contributed by atoms with Crippen LogP contribution in [0.4, 0.5) is 0 Å². The van der Waals surface area contributed by atoms with Gasteiger partial charge in [0.2, 0.25) is 0 Å². The first-order chi connectivity index (χ1) is 9.30. The van der Waals surface area contributed by atoms with Crippen LogP contribution >= 0.6 is 12.2 Å². The molecule has 1 aliphatic carbocycles. The number of aryl methyl sites for hydroxylation is 1. The first-order valence-corrected chi connectivity index (χ1v) is 7.92. The number of nitrogens with one attached hydrogen (secondary N) is 1. The normalized spacial score (nSPS) is 20.9. The molecule has 20 heavy (non-hydrogen) atoms. The van der Waals surface area contributed by atoms with Gasteiger partial charge in [-0.2, -0.15) is 0 Å². The molecule has 1 saturated carbocycles. The highest BCUT2D eigenvalue weighted by molar-refractivity contribution is 7.71. The number of nitrogens with zero attached hydrogens (tertiary/aromatic N) is 1. The fourth-order valence-electron chi connectivity index (χ4n) is 2.92. The lowest BCUT2D eigenvalue weighted by Crippen LogP contribution is -2.39. The zero-order valence-electron chi connectivity index (χ0n) is 13.3. The maximum atomic E-state index is 6.16. The third-order valence-electron chi connectivity index (χ3n) is 4.67. The molecule has 0 atom stereocenters. The fraction of sp³-hybridized carbons (Fsp3) is 0.750. The average Bonchev–Trinajstić information content (AvgIpc) is 2.38. The number of hydrogen-bond donors (Lipinski definition) is 1. The Bertz CT molecular complexity index is 538. The molecule has 0 radical (unpaired) electrons. The monoisotopic (exact) mass is 294 g/mol. The highest BCUT2D eigenvalue weighted by atomic mass is 32.1. The van der Waals surface area contributed by atoms with E-state index in [4.69, 9.17) is 17.0 Å². The molecule has 0 unspecified atom stereocenters. The molecular formula is C16H26N2OS. The van der Waals surface area contributed by atoms with Gasteiger partial charge >= 0.3 is 0 Å². The van der Waals surface area contributed by atoms with Gasteiger partial charge in [0.15, 0.2) is 0 Å². The van der Waals surface area contributed by atoms with Gasteiger partial charge in [-0.3, -0.25) is 0 Å². The summed E-state index contributed by atoms with van der Waals surface area (Å²) in [5.41, 5.74) is 2.28. The molecule has 0 amide bonds. The van der Waals surface area contributed by atoms with Crippen LogP contribution < -0.4 is 0 Å². The molecule has 2 rings (SSSR count). The molecule has 1 N–H and O–H groups in total. The number of ether oxygens (including phenoxy) is 1. The van der Waals surface area contributed by atoms with E-state index in [1.807, 2.05) is 6.92 Å². The Labute approximate surface area is 127 Å². The highest BCUT2D eigenvalue weighted by Crippen LogP contribution is 2.46. The van der Waals surface area contributed by atoms with E-state index < -0.39 is 0 Å². The zero-order chi connectivity index (χ0) is 15.0. The molecule has 1 aromatic rings. The lowest BCUT2D eigenvalue weighted by Gasteiger charge is -2.42. The van der Waals surface area contributed by atoms with Crippen molar-refractivity contribution in [2.45, 2.75) is 65.9 Å². The van der Waals surface area contributed by atoms with E-state index in [0.29, 0.717) is 16.7 Å². The molecule has 112 valence electrons. The van der Waals surface area contributed by atoms with Gasteiger partial charge in [-0.25, -0.2) is 4.98 Å². The molecule has 0 aromatic carbocycles. The van der Waals surface area contributed by atoms with Crippen molar-refractivity contribution in [3.63, 3.8) is 0 Å². The third kappa shape index (κ3) is 2.96. The highest BCUT2D eigenvalue weighted by Gasteiger charge is 2.42. The van der Waals surface area contributed by atoms with Crippen LogP contribution in [0.1, 0.15) is 63.5 Å². The molecule has 0 saturated heterocycles. The number of aromatic amines is 1. The van der Waals surface area contributed by atoms with Crippen LogP contribution in [0.15, 0.2) is 0 Å². The Morgan fingerprint density at radius 3 is 2.30 bits per heavy atom. The number of hydrogen-bond acceptors (Lipinski definition) is 3. The van der Waals surface area contributed by atoms with Crippen LogP contribution in [0.5, 0.6) is 0 Å². The zero-order valence-corrected chi connectivity index (χ0v) is 14.1. The predicted molar refractivity (Wildman–Crippen MR) is 84.4 cm³/mol. The molecule has 4 heteroatoms. The number of rotatable bonds is 3. The van der Waals surface area contributed by atoms with E-state index in [1.165, 1.54) is 0 Å². The maximum Gasteiger partial charge on any atom is 0.140 e. The van der Waals surface area contributed by atoms with Crippen molar-refractivity contribution in [3.8, 4) is 0 Å². The van der Waals surface area contributed by atoms with E-state index in [-0.39, 0.29) is 5.60 Å². The minimum atomic E-state index is -0.281. The minimum Gasteiger partial charge on any atom is -0.367 e. The molecule has 1 aromatic heterocycles. The fourth-order valence-corrected chi connectivity index (χ4v) is 3.16. The summed E-state index contributed by atoms with van der Waals surface area (Å²) in [4.78, 5) is 8.07. The number of aromatic nitrogens is 2. The van der Waals surface area contributed by atoms with Gasteiger partial charge in [-0.05, 0) is 51.9 Å². The van der Waals surface area contributed by atoms with Crippen molar-refractivity contribution in [1.29, 1.82) is 0 Å². The van der Waals surface area contributed by atoms with Crippen LogP contribution in [0.25, 0.3) is 0 Å². The summed E-state index contributed by atoms with van der Waals surface area (Å²) in [6.45, 7) is 11.5. The van der Waals surface area contributed by atoms with Crippen LogP contribution in [-0.2, 0) is 10.3 Å². The van der Waals surface area contributed by atoms with E-state index in [2.05, 4.69) is 37.7 Å². The summed E-state index contributed by atoms with van der Waals surface area (Å²) >= 11 is 5.39. The van der Waals surface area contributed by atoms with Crippen LogP contribution in [0, 0.1) is 23.9 Å². The second-order valence-electron chi connectivity index (χ2n) is 6.73. The quantitative estimate of drug-likeness (QED) is 0.829. The van der Waals surface area contributed by atoms with Crippen molar-refractivity contribution < 1.29 is 4.74 Å². The Balaban J connectivity index is 2.42. The Morgan fingerprint density at radius 1 is 1.20 bits per heavy atom. The van der Waals surface area contributed by atoms with Crippen LogP contribution in [0.3, 0.4) is 0 Å². The van der Waals surface area contributed by atoms with Gasteiger partial charge in [0, 0.05) is 17.9 Å². The Kier molecular flexibility index (Phi) is 4.35. The second-order valence-corrected chi connectivity index (χ2v) is 7.12. The van der Waals surface area contributed by atoms with Crippen molar-refractivity contribution >= 4 is 12.2 Å². The van der Waals surface area contributed by atoms with Crippen molar-refractivity contribution in [3.05, 3.63) is 21.7 Å². The summed E-state index contributed by atoms with van der Waals surface area (Å²) in [6.07, 6.45) is 4.33. The topological polar surface area (TPSA) is 37.9 Å². The predicted octanol–water partition coefficient (Wildman–Crippen LogP) is 4.59. The summed E-state index contributed by atoms with van der Waals surface area (Å²) < 4.78 is 6.85. The van der Waals surface area contributed by atoms with Gasteiger partial charge in [0.1, 0.15) is 16.1 Å². The largest absolute Gasteiger partial charge is 0.367 e.